The van der Waals surface area contributed by atoms with Crippen molar-refractivity contribution in [2.75, 3.05) is 19.6 Å². The Bertz CT molecular complexity index is 749. The van der Waals surface area contributed by atoms with Gasteiger partial charge in [0.1, 0.15) is 0 Å². The molecule has 0 spiro atoms. The lowest BCUT2D eigenvalue weighted by molar-refractivity contribution is -0.131. The van der Waals surface area contributed by atoms with Gasteiger partial charge in [-0.15, -0.1) is 0 Å². The number of nitrogens with two attached hydrogens (primary N) is 2. The van der Waals surface area contributed by atoms with Crippen LogP contribution >= 0.6 is 0 Å². The number of nitrogens with one attached hydrogen (secondary N) is 1. The number of amides is 3. The van der Waals surface area contributed by atoms with Crippen LogP contribution in [0.25, 0.3) is 0 Å². The van der Waals surface area contributed by atoms with Crippen LogP contribution < -0.4 is 16.8 Å². The van der Waals surface area contributed by atoms with Crippen LogP contribution in [0.2, 0.25) is 0 Å². The molecule has 0 heterocycles. The van der Waals surface area contributed by atoms with Gasteiger partial charge in [0, 0.05) is 19.6 Å². The predicted octanol–water partition coefficient (Wildman–Crippen LogP) is 2.12. The van der Waals surface area contributed by atoms with Crippen molar-refractivity contribution in [2.45, 2.75) is 25.8 Å². The zero-order valence-electron chi connectivity index (χ0n) is 15.7. The molecule has 2 aromatic rings. The molecule has 0 aliphatic carbocycles. The van der Waals surface area contributed by atoms with Crippen molar-refractivity contribution in [3.05, 3.63) is 71.3 Å². The van der Waals surface area contributed by atoms with E-state index >= 15 is 0 Å². The zero-order valence-corrected chi connectivity index (χ0v) is 15.7. The van der Waals surface area contributed by atoms with Crippen LogP contribution in [-0.2, 0) is 11.2 Å². The van der Waals surface area contributed by atoms with Crippen molar-refractivity contribution in [3.8, 4) is 0 Å². The van der Waals surface area contributed by atoms with Crippen molar-refractivity contribution in [3.63, 3.8) is 0 Å². The molecule has 0 radical (unpaired) electrons. The lowest BCUT2D eigenvalue weighted by atomic mass is 10.0. The van der Waals surface area contributed by atoms with E-state index in [1.807, 2.05) is 61.5 Å². The van der Waals surface area contributed by atoms with Gasteiger partial charge in [-0.3, -0.25) is 4.79 Å². The number of carbonyl (C=O) groups is 2. The molecule has 5 N–H and O–H groups in total. The maximum absolute atomic E-state index is 12.9. The fourth-order valence-electron chi connectivity index (χ4n) is 3.04. The van der Waals surface area contributed by atoms with E-state index in [-0.39, 0.29) is 12.3 Å². The third-order valence-electron chi connectivity index (χ3n) is 4.40. The van der Waals surface area contributed by atoms with Gasteiger partial charge in [0.25, 0.3) is 0 Å². The number of carbonyl (C=O) groups excluding carboxylic acids is 2. The summed E-state index contributed by atoms with van der Waals surface area (Å²) in [5.41, 5.74) is 14.1. The van der Waals surface area contributed by atoms with Crippen LogP contribution in [0.15, 0.2) is 54.6 Å². The number of hydrogen-bond acceptors (Lipinski definition) is 3. The van der Waals surface area contributed by atoms with E-state index in [4.69, 9.17) is 11.5 Å². The monoisotopic (exact) mass is 368 g/mol. The molecular formula is C21H28N4O2. The van der Waals surface area contributed by atoms with Crippen molar-refractivity contribution >= 4 is 11.9 Å². The average molecular weight is 368 g/mol. The molecule has 2 rings (SSSR count). The summed E-state index contributed by atoms with van der Waals surface area (Å²) in [7, 11) is 0. The molecule has 144 valence electrons. The number of aryl methyl sites for hydroxylation is 1. The first-order valence-corrected chi connectivity index (χ1v) is 9.14. The van der Waals surface area contributed by atoms with E-state index < -0.39 is 12.1 Å². The summed E-state index contributed by atoms with van der Waals surface area (Å²) in [6.45, 7) is 3.41. The molecule has 1 atom stereocenters. The number of nitrogens with zero attached hydrogens (tertiary/aromatic N) is 1. The van der Waals surface area contributed by atoms with Gasteiger partial charge in [0.05, 0.1) is 12.5 Å². The molecule has 27 heavy (non-hydrogen) atoms. The molecule has 0 fully saturated rings. The molecule has 0 saturated carbocycles. The maximum atomic E-state index is 12.9. The van der Waals surface area contributed by atoms with Crippen LogP contribution in [0.3, 0.4) is 0 Å². The highest BCUT2D eigenvalue weighted by Gasteiger charge is 2.21. The Labute approximate surface area is 160 Å². The smallest absolute Gasteiger partial charge is 0.312 e. The molecule has 0 saturated heterocycles. The van der Waals surface area contributed by atoms with E-state index in [0.29, 0.717) is 19.6 Å². The van der Waals surface area contributed by atoms with Crippen LogP contribution in [0.1, 0.15) is 29.2 Å². The topological polar surface area (TPSA) is 101 Å². The summed E-state index contributed by atoms with van der Waals surface area (Å²) in [5.74, 6) is -0.0587. The van der Waals surface area contributed by atoms with Gasteiger partial charge in [0.2, 0.25) is 5.91 Å². The second kappa shape index (κ2) is 10.3. The quantitative estimate of drug-likeness (QED) is 0.632. The molecule has 6 nitrogen and oxygen atoms in total. The van der Waals surface area contributed by atoms with Gasteiger partial charge in [-0.2, -0.15) is 0 Å². The van der Waals surface area contributed by atoms with Crippen molar-refractivity contribution in [1.29, 1.82) is 0 Å². The van der Waals surface area contributed by atoms with Crippen molar-refractivity contribution < 1.29 is 9.59 Å². The highest BCUT2D eigenvalue weighted by atomic mass is 16.2. The van der Waals surface area contributed by atoms with Crippen LogP contribution in [0.4, 0.5) is 4.79 Å². The first-order valence-electron chi connectivity index (χ1n) is 9.14. The standard InChI is InChI=1S/C21H28N4O2/c1-16-6-5-9-18(14-16)19(24-21(23)27)15-20(26)25(13-11-22)12-10-17-7-3-2-4-8-17/h2-9,14,19H,10-13,15,22H2,1H3,(H3,23,24,27). The molecule has 1 unspecified atom stereocenters. The Balaban J connectivity index is 2.08. The van der Waals surface area contributed by atoms with Gasteiger partial charge in [0.15, 0.2) is 0 Å². The molecule has 0 aliphatic rings. The van der Waals surface area contributed by atoms with Crippen molar-refractivity contribution in [2.24, 2.45) is 11.5 Å². The summed E-state index contributed by atoms with van der Waals surface area (Å²) in [6, 6.07) is 16.6. The SMILES string of the molecule is Cc1cccc(C(CC(=O)N(CCN)CCc2ccccc2)NC(N)=O)c1. The van der Waals surface area contributed by atoms with Crippen LogP contribution in [-0.4, -0.2) is 36.5 Å². The molecule has 0 aromatic heterocycles. The van der Waals surface area contributed by atoms with Gasteiger partial charge in [-0.25, -0.2) is 4.79 Å². The van der Waals surface area contributed by atoms with E-state index in [1.165, 1.54) is 0 Å². The van der Waals surface area contributed by atoms with E-state index in [9.17, 15) is 9.59 Å². The molecule has 3 amide bonds. The largest absolute Gasteiger partial charge is 0.352 e. The number of urea groups is 1. The Morgan fingerprint density at radius 1 is 1.07 bits per heavy atom. The molecule has 0 aliphatic heterocycles. The predicted molar refractivity (Wildman–Crippen MR) is 107 cm³/mol. The second-order valence-corrected chi connectivity index (χ2v) is 6.58. The van der Waals surface area contributed by atoms with Crippen LogP contribution in [0, 0.1) is 6.92 Å². The molecule has 2 aromatic carbocycles. The fraction of sp³-hybridized carbons (Fsp3) is 0.333. The molecule has 6 heteroatoms. The van der Waals surface area contributed by atoms with Crippen molar-refractivity contribution in [1.82, 2.24) is 10.2 Å². The first-order chi connectivity index (χ1) is 13.0. The highest BCUT2D eigenvalue weighted by molar-refractivity contribution is 5.79. The normalized spacial score (nSPS) is 11.6. The van der Waals surface area contributed by atoms with E-state index in [0.717, 1.165) is 23.1 Å². The van der Waals surface area contributed by atoms with Gasteiger partial charge >= 0.3 is 6.03 Å². The zero-order chi connectivity index (χ0) is 19.6. The number of primary amides is 1. The third-order valence-corrected chi connectivity index (χ3v) is 4.40. The number of rotatable bonds is 9. The third kappa shape index (κ3) is 6.75. The summed E-state index contributed by atoms with van der Waals surface area (Å²) in [6.07, 6.45) is 0.895. The fourth-order valence-corrected chi connectivity index (χ4v) is 3.04. The van der Waals surface area contributed by atoms with E-state index in [1.54, 1.807) is 4.90 Å². The first kappa shape index (κ1) is 20.5. The Hall–Kier alpha value is -2.86. The van der Waals surface area contributed by atoms with Gasteiger partial charge in [-0.1, -0.05) is 60.2 Å². The number of benzene rings is 2. The summed E-state index contributed by atoms with van der Waals surface area (Å²) in [4.78, 5) is 26.1. The Morgan fingerprint density at radius 3 is 2.44 bits per heavy atom. The minimum atomic E-state index is -0.649. The second-order valence-electron chi connectivity index (χ2n) is 6.58. The lowest BCUT2D eigenvalue weighted by Gasteiger charge is -2.25. The highest BCUT2D eigenvalue weighted by Crippen LogP contribution is 2.19. The summed E-state index contributed by atoms with van der Waals surface area (Å²) < 4.78 is 0. The Morgan fingerprint density at radius 2 is 1.81 bits per heavy atom. The maximum Gasteiger partial charge on any atom is 0.312 e. The average Bonchev–Trinajstić information content (AvgIpc) is 2.65. The summed E-state index contributed by atoms with van der Waals surface area (Å²) in [5, 5.41) is 2.69. The Kier molecular flexibility index (Phi) is 7.82. The number of hydrogen-bond donors (Lipinski definition) is 3. The minimum absolute atomic E-state index is 0.0587. The summed E-state index contributed by atoms with van der Waals surface area (Å²) >= 11 is 0. The van der Waals surface area contributed by atoms with E-state index in [2.05, 4.69) is 5.32 Å². The van der Waals surface area contributed by atoms with Gasteiger partial charge < -0.3 is 21.7 Å². The lowest BCUT2D eigenvalue weighted by Crippen LogP contribution is -2.41. The minimum Gasteiger partial charge on any atom is -0.352 e. The molecule has 0 bridgehead atoms. The van der Waals surface area contributed by atoms with Crippen LogP contribution in [0.5, 0.6) is 0 Å². The molecular weight excluding hydrogens is 340 g/mol. The van der Waals surface area contributed by atoms with Gasteiger partial charge in [-0.05, 0) is 24.5 Å².